The molecule has 0 amide bonds. The molecule has 1 aromatic heterocycles. The summed E-state index contributed by atoms with van der Waals surface area (Å²) in [5.41, 5.74) is 1.28. The van der Waals surface area contributed by atoms with Crippen LogP contribution in [-0.2, 0) is 0 Å². The van der Waals surface area contributed by atoms with Gasteiger partial charge in [-0.25, -0.2) is 9.36 Å². The number of methoxy groups -OCH3 is 1. The molecule has 0 saturated heterocycles. The van der Waals surface area contributed by atoms with Crippen LogP contribution in [-0.4, -0.2) is 21.5 Å². The molecule has 0 bridgehead atoms. The highest BCUT2D eigenvalue weighted by molar-refractivity contribution is 5.37. The van der Waals surface area contributed by atoms with Crippen molar-refractivity contribution in [1.82, 2.24) is 14.3 Å². The highest BCUT2D eigenvalue weighted by Crippen LogP contribution is 2.13. The molecule has 0 atom stereocenters. The minimum atomic E-state index is -0.207. The third-order valence-electron chi connectivity index (χ3n) is 3.02. The van der Waals surface area contributed by atoms with Gasteiger partial charge in [-0.05, 0) is 36.4 Å². The fourth-order valence-corrected chi connectivity index (χ4v) is 1.97. The van der Waals surface area contributed by atoms with Gasteiger partial charge in [0.1, 0.15) is 12.1 Å². The van der Waals surface area contributed by atoms with Gasteiger partial charge < -0.3 is 4.74 Å². The first kappa shape index (κ1) is 12.2. The number of benzene rings is 2. The van der Waals surface area contributed by atoms with E-state index in [9.17, 15) is 4.79 Å². The zero-order chi connectivity index (χ0) is 13.9. The first-order valence-electron chi connectivity index (χ1n) is 6.16. The molecule has 1 heterocycles. The molecule has 100 valence electrons. The third-order valence-corrected chi connectivity index (χ3v) is 3.02. The van der Waals surface area contributed by atoms with Gasteiger partial charge in [0.05, 0.1) is 18.5 Å². The van der Waals surface area contributed by atoms with Crippen molar-refractivity contribution in [2.75, 3.05) is 7.11 Å². The highest BCUT2D eigenvalue weighted by Gasteiger charge is 2.08. The maximum atomic E-state index is 12.4. The Bertz CT molecular complexity index is 758. The van der Waals surface area contributed by atoms with E-state index in [-0.39, 0.29) is 5.69 Å². The van der Waals surface area contributed by atoms with Crippen LogP contribution < -0.4 is 10.4 Å². The zero-order valence-corrected chi connectivity index (χ0v) is 10.9. The van der Waals surface area contributed by atoms with Crippen molar-refractivity contribution in [3.8, 4) is 17.1 Å². The molecule has 0 aliphatic carbocycles. The highest BCUT2D eigenvalue weighted by atomic mass is 16.5. The van der Waals surface area contributed by atoms with Gasteiger partial charge in [0.15, 0.2) is 0 Å². The molecule has 2 aromatic carbocycles. The van der Waals surface area contributed by atoms with Gasteiger partial charge in [-0.15, -0.1) is 0 Å². The molecule has 0 spiro atoms. The lowest BCUT2D eigenvalue weighted by Gasteiger charge is -2.02. The summed E-state index contributed by atoms with van der Waals surface area (Å²) in [6, 6.07) is 16.6. The average Bonchev–Trinajstić information content (AvgIpc) is 2.90. The van der Waals surface area contributed by atoms with Crippen molar-refractivity contribution in [2.24, 2.45) is 0 Å². The Hall–Kier alpha value is -2.82. The van der Waals surface area contributed by atoms with Crippen LogP contribution in [0.5, 0.6) is 5.75 Å². The van der Waals surface area contributed by atoms with E-state index in [1.807, 2.05) is 30.3 Å². The molecule has 0 aliphatic rings. The van der Waals surface area contributed by atoms with Crippen LogP contribution in [0.1, 0.15) is 0 Å². The van der Waals surface area contributed by atoms with Crippen LogP contribution in [0.15, 0.2) is 65.7 Å². The molecule has 20 heavy (non-hydrogen) atoms. The Morgan fingerprint density at radius 2 is 1.65 bits per heavy atom. The van der Waals surface area contributed by atoms with Gasteiger partial charge in [0.25, 0.3) is 0 Å². The van der Waals surface area contributed by atoms with E-state index in [1.165, 1.54) is 15.6 Å². The largest absolute Gasteiger partial charge is 0.497 e. The predicted octanol–water partition coefficient (Wildman–Crippen LogP) is 2.03. The standard InChI is InChI=1S/C15H13N3O2/c1-20-14-9-7-13(8-10-14)18-15(19)17(11-16-18)12-5-3-2-4-6-12/h2-11H,1H3. The van der Waals surface area contributed by atoms with Crippen LogP contribution in [0.4, 0.5) is 0 Å². The summed E-state index contributed by atoms with van der Waals surface area (Å²) in [4.78, 5) is 12.4. The van der Waals surface area contributed by atoms with Crippen molar-refractivity contribution in [1.29, 1.82) is 0 Å². The molecule has 0 fully saturated rings. The Labute approximate surface area is 115 Å². The Morgan fingerprint density at radius 3 is 2.30 bits per heavy atom. The molecule has 0 aliphatic heterocycles. The molecule has 5 nitrogen and oxygen atoms in total. The summed E-state index contributed by atoms with van der Waals surface area (Å²) in [6.45, 7) is 0. The van der Waals surface area contributed by atoms with E-state index >= 15 is 0 Å². The van der Waals surface area contributed by atoms with Crippen LogP contribution in [0.25, 0.3) is 11.4 Å². The molecular weight excluding hydrogens is 254 g/mol. The average molecular weight is 267 g/mol. The second kappa shape index (κ2) is 5.05. The van der Waals surface area contributed by atoms with Crippen LogP contribution in [0.2, 0.25) is 0 Å². The Kier molecular flexibility index (Phi) is 3.09. The topological polar surface area (TPSA) is 49.0 Å². The normalized spacial score (nSPS) is 10.4. The molecule has 0 radical (unpaired) electrons. The van der Waals surface area contributed by atoms with E-state index in [0.29, 0.717) is 5.69 Å². The lowest BCUT2D eigenvalue weighted by Crippen LogP contribution is -2.22. The number of hydrogen-bond donors (Lipinski definition) is 0. The van der Waals surface area contributed by atoms with Crippen LogP contribution in [0, 0.1) is 0 Å². The fourth-order valence-electron chi connectivity index (χ4n) is 1.97. The van der Waals surface area contributed by atoms with Crippen molar-refractivity contribution < 1.29 is 4.74 Å². The van der Waals surface area contributed by atoms with Crippen LogP contribution >= 0.6 is 0 Å². The third kappa shape index (κ3) is 2.09. The summed E-state index contributed by atoms with van der Waals surface area (Å²) < 4.78 is 7.95. The SMILES string of the molecule is COc1ccc(-n2ncn(-c3ccccc3)c2=O)cc1. The first-order valence-corrected chi connectivity index (χ1v) is 6.16. The predicted molar refractivity (Wildman–Crippen MR) is 75.7 cm³/mol. The quantitative estimate of drug-likeness (QED) is 0.729. The van der Waals surface area contributed by atoms with E-state index in [0.717, 1.165) is 11.4 Å². The van der Waals surface area contributed by atoms with Crippen molar-refractivity contribution in [3.05, 3.63) is 71.4 Å². The number of para-hydroxylation sites is 1. The van der Waals surface area contributed by atoms with Crippen molar-refractivity contribution >= 4 is 0 Å². The summed E-state index contributed by atoms with van der Waals surface area (Å²) in [7, 11) is 1.60. The smallest absolute Gasteiger partial charge is 0.355 e. The molecule has 0 saturated carbocycles. The molecular formula is C15H13N3O2. The number of nitrogens with zero attached hydrogens (tertiary/aromatic N) is 3. The van der Waals surface area contributed by atoms with Gasteiger partial charge in [-0.2, -0.15) is 9.78 Å². The molecule has 3 rings (SSSR count). The van der Waals surface area contributed by atoms with Gasteiger partial charge in [0, 0.05) is 0 Å². The maximum absolute atomic E-state index is 12.4. The lowest BCUT2D eigenvalue weighted by atomic mass is 10.3. The molecule has 0 N–H and O–H groups in total. The van der Waals surface area contributed by atoms with Gasteiger partial charge >= 0.3 is 5.69 Å². The van der Waals surface area contributed by atoms with Gasteiger partial charge in [0.2, 0.25) is 0 Å². The maximum Gasteiger partial charge on any atom is 0.355 e. The Balaban J connectivity index is 2.04. The second-order valence-corrected chi connectivity index (χ2v) is 4.23. The molecule has 5 heteroatoms. The minimum absolute atomic E-state index is 0.207. The van der Waals surface area contributed by atoms with E-state index in [1.54, 1.807) is 31.4 Å². The van der Waals surface area contributed by atoms with E-state index in [4.69, 9.17) is 4.74 Å². The summed E-state index contributed by atoms with van der Waals surface area (Å²) in [5, 5.41) is 4.14. The number of aromatic nitrogens is 3. The monoisotopic (exact) mass is 267 g/mol. The fraction of sp³-hybridized carbons (Fsp3) is 0.0667. The molecule has 3 aromatic rings. The molecule has 0 unspecified atom stereocenters. The van der Waals surface area contributed by atoms with Crippen molar-refractivity contribution in [3.63, 3.8) is 0 Å². The number of ether oxygens (including phenoxy) is 1. The zero-order valence-electron chi connectivity index (χ0n) is 10.9. The first-order chi connectivity index (χ1) is 9.79. The van der Waals surface area contributed by atoms with E-state index in [2.05, 4.69) is 5.10 Å². The summed E-state index contributed by atoms with van der Waals surface area (Å²) >= 11 is 0. The van der Waals surface area contributed by atoms with Crippen molar-refractivity contribution in [2.45, 2.75) is 0 Å². The van der Waals surface area contributed by atoms with E-state index < -0.39 is 0 Å². The number of rotatable bonds is 3. The lowest BCUT2D eigenvalue weighted by molar-refractivity contribution is 0.414. The minimum Gasteiger partial charge on any atom is -0.497 e. The van der Waals surface area contributed by atoms with Crippen LogP contribution in [0.3, 0.4) is 0 Å². The summed E-state index contributed by atoms with van der Waals surface area (Å²) in [5.74, 6) is 0.740. The van der Waals surface area contributed by atoms with Gasteiger partial charge in [-0.3, -0.25) is 0 Å². The number of hydrogen-bond acceptors (Lipinski definition) is 3. The Morgan fingerprint density at radius 1 is 0.950 bits per heavy atom. The second-order valence-electron chi connectivity index (χ2n) is 4.23. The summed E-state index contributed by atoms with van der Waals surface area (Å²) in [6.07, 6.45) is 1.52. The van der Waals surface area contributed by atoms with Gasteiger partial charge in [-0.1, -0.05) is 18.2 Å².